The maximum atomic E-state index is 2.34. The highest BCUT2D eigenvalue weighted by Crippen LogP contribution is 2.48. The maximum Gasteiger partial charge on any atom is 0.141 e. The summed E-state index contributed by atoms with van der Waals surface area (Å²) in [6.45, 7) is 1.02. The molecule has 0 unspecified atom stereocenters. The minimum absolute atomic E-state index is 0.391. The molecular weight excluding hydrogens is 278 g/mol. The standard InChI is InChI=1S/C22H22N/c1-23(2,16-17-10-4-3-5-11-17)22-20-14-8-6-12-18(20)19-13-7-9-15-21(19)22/h3-15,22H,16H2,1-2H3/q+1. The van der Waals surface area contributed by atoms with Crippen molar-refractivity contribution in [2.45, 2.75) is 12.6 Å². The highest BCUT2D eigenvalue weighted by atomic mass is 15.3. The van der Waals surface area contributed by atoms with E-state index in [1.165, 1.54) is 27.8 Å². The maximum absolute atomic E-state index is 2.34. The van der Waals surface area contributed by atoms with Crippen LogP contribution in [0.5, 0.6) is 0 Å². The number of hydrogen-bond acceptors (Lipinski definition) is 0. The smallest absolute Gasteiger partial charge is 0.141 e. The van der Waals surface area contributed by atoms with Gasteiger partial charge in [0.05, 0.1) is 14.1 Å². The third-order valence-corrected chi connectivity index (χ3v) is 4.93. The first-order valence-electron chi connectivity index (χ1n) is 8.22. The third kappa shape index (κ3) is 2.38. The van der Waals surface area contributed by atoms with E-state index in [4.69, 9.17) is 0 Å². The monoisotopic (exact) mass is 300 g/mol. The van der Waals surface area contributed by atoms with Crippen LogP contribution in [0.1, 0.15) is 22.7 Å². The number of rotatable bonds is 3. The molecular formula is C22H22N+. The van der Waals surface area contributed by atoms with Crippen molar-refractivity contribution in [2.75, 3.05) is 14.1 Å². The lowest BCUT2D eigenvalue weighted by Crippen LogP contribution is -2.42. The molecule has 1 nitrogen and oxygen atoms in total. The van der Waals surface area contributed by atoms with Crippen molar-refractivity contribution in [1.29, 1.82) is 0 Å². The molecule has 0 aliphatic heterocycles. The van der Waals surface area contributed by atoms with Crippen molar-refractivity contribution in [3.05, 3.63) is 95.6 Å². The van der Waals surface area contributed by atoms with Crippen LogP contribution in [0.3, 0.4) is 0 Å². The largest absolute Gasteiger partial charge is 0.315 e. The van der Waals surface area contributed by atoms with Gasteiger partial charge in [-0.2, -0.15) is 0 Å². The van der Waals surface area contributed by atoms with Gasteiger partial charge in [-0.25, -0.2) is 0 Å². The molecule has 23 heavy (non-hydrogen) atoms. The van der Waals surface area contributed by atoms with E-state index in [0.29, 0.717) is 6.04 Å². The summed E-state index contributed by atoms with van der Waals surface area (Å²) in [6, 6.07) is 28.9. The van der Waals surface area contributed by atoms with Crippen LogP contribution in [0.25, 0.3) is 11.1 Å². The summed E-state index contributed by atoms with van der Waals surface area (Å²) in [4.78, 5) is 0. The average molecular weight is 300 g/mol. The van der Waals surface area contributed by atoms with Gasteiger partial charge in [-0.15, -0.1) is 0 Å². The van der Waals surface area contributed by atoms with E-state index in [1.807, 2.05) is 0 Å². The van der Waals surface area contributed by atoms with Crippen LogP contribution in [0, 0.1) is 0 Å². The molecule has 114 valence electrons. The van der Waals surface area contributed by atoms with E-state index in [2.05, 4.69) is 93.0 Å². The fraction of sp³-hybridized carbons (Fsp3) is 0.182. The fourth-order valence-corrected chi connectivity index (χ4v) is 4.03. The average Bonchev–Trinajstić information content (AvgIpc) is 2.91. The van der Waals surface area contributed by atoms with Gasteiger partial charge in [0.2, 0.25) is 0 Å². The van der Waals surface area contributed by atoms with Gasteiger partial charge >= 0.3 is 0 Å². The molecule has 3 aromatic rings. The van der Waals surface area contributed by atoms with E-state index in [1.54, 1.807) is 0 Å². The lowest BCUT2D eigenvalue weighted by Gasteiger charge is -2.37. The number of nitrogens with zero attached hydrogens (tertiary/aromatic N) is 1. The van der Waals surface area contributed by atoms with Gasteiger partial charge < -0.3 is 4.48 Å². The second kappa shape index (κ2) is 5.36. The van der Waals surface area contributed by atoms with Crippen LogP contribution in [-0.4, -0.2) is 18.6 Å². The first kappa shape index (κ1) is 14.2. The minimum Gasteiger partial charge on any atom is -0.315 e. The molecule has 0 bridgehead atoms. The topological polar surface area (TPSA) is 0 Å². The molecule has 0 aromatic heterocycles. The normalized spacial score (nSPS) is 13.7. The van der Waals surface area contributed by atoms with Crippen molar-refractivity contribution >= 4 is 0 Å². The van der Waals surface area contributed by atoms with Crippen LogP contribution in [-0.2, 0) is 6.54 Å². The lowest BCUT2D eigenvalue weighted by molar-refractivity contribution is -0.927. The Hall–Kier alpha value is -2.38. The molecule has 0 N–H and O–H groups in total. The van der Waals surface area contributed by atoms with Gasteiger partial charge in [-0.1, -0.05) is 78.9 Å². The van der Waals surface area contributed by atoms with Crippen molar-refractivity contribution in [1.82, 2.24) is 0 Å². The molecule has 1 aliphatic carbocycles. The summed E-state index contributed by atoms with van der Waals surface area (Å²) < 4.78 is 0.929. The molecule has 0 amide bonds. The minimum atomic E-state index is 0.391. The summed E-state index contributed by atoms with van der Waals surface area (Å²) in [5.74, 6) is 0. The summed E-state index contributed by atoms with van der Waals surface area (Å²) in [5, 5.41) is 0. The highest BCUT2D eigenvalue weighted by Gasteiger charge is 2.39. The SMILES string of the molecule is C[N+](C)(Cc1ccccc1)C1c2ccccc2-c2ccccc21. The summed E-state index contributed by atoms with van der Waals surface area (Å²) in [7, 11) is 4.69. The van der Waals surface area contributed by atoms with Gasteiger partial charge in [0.1, 0.15) is 12.6 Å². The molecule has 0 saturated heterocycles. The van der Waals surface area contributed by atoms with Crippen molar-refractivity contribution in [2.24, 2.45) is 0 Å². The van der Waals surface area contributed by atoms with E-state index in [0.717, 1.165) is 11.0 Å². The lowest BCUT2D eigenvalue weighted by atomic mass is 10.0. The second-order valence-corrected chi connectivity index (χ2v) is 7.00. The zero-order valence-electron chi connectivity index (χ0n) is 13.7. The Bertz CT molecular complexity index is 788. The van der Waals surface area contributed by atoms with Crippen LogP contribution in [0.4, 0.5) is 0 Å². The predicted octanol–water partition coefficient (Wildman–Crippen LogP) is 5.03. The first-order chi connectivity index (χ1) is 11.2. The van der Waals surface area contributed by atoms with E-state index in [9.17, 15) is 0 Å². The van der Waals surface area contributed by atoms with Gasteiger partial charge in [-0.05, 0) is 11.1 Å². The fourth-order valence-electron chi connectivity index (χ4n) is 4.03. The molecule has 0 heterocycles. The summed E-state index contributed by atoms with van der Waals surface area (Å²) in [6.07, 6.45) is 0. The second-order valence-electron chi connectivity index (χ2n) is 7.00. The van der Waals surface area contributed by atoms with Gasteiger partial charge in [0, 0.05) is 16.7 Å². The molecule has 0 spiro atoms. The predicted molar refractivity (Wildman–Crippen MR) is 96.0 cm³/mol. The first-order valence-corrected chi connectivity index (χ1v) is 8.22. The molecule has 4 rings (SSSR count). The Balaban J connectivity index is 1.81. The number of benzene rings is 3. The molecule has 0 radical (unpaired) electrons. The van der Waals surface area contributed by atoms with E-state index >= 15 is 0 Å². The number of hydrogen-bond donors (Lipinski definition) is 0. The van der Waals surface area contributed by atoms with Crippen LogP contribution < -0.4 is 0 Å². The molecule has 1 heteroatoms. The highest BCUT2D eigenvalue weighted by molar-refractivity contribution is 5.77. The van der Waals surface area contributed by atoms with Crippen LogP contribution in [0.2, 0.25) is 0 Å². The number of quaternary nitrogens is 1. The Morgan fingerprint density at radius 2 is 1.13 bits per heavy atom. The summed E-state index contributed by atoms with van der Waals surface area (Å²) in [5.41, 5.74) is 7.09. The molecule has 1 aliphatic rings. The zero-order valence-corrected chi connectivity index (χ0v) is 13.7. The Labute approximate surface area is 138 Å². The van der Waals surface area contributed by atoms with Gasteiger partial charge in [0.15, 0.2) is 0 Å². The Morgan fingerprint density at radius 3 is 1.70 bits per heavy atom. The van der Waals surface area contributed by atoms with Crippen molar-refractivity contribution in [3.8, 4) is 11.1 Å². The molecule has 0 atom stereocenters. The van der Waals surface area contributed by atoms with Gasteiger partial charge in [0.25, 0.3) is 0 Å². The van der Waals surface area contributed by atoms with Crippen molar-refractivity contribution in [3.63, 3.8) is 0 Å². The van der Waals surface area contributed by atoms with Crippen LogP contribution >= 0.6 is 0 Å². The molecule has 0 saturated carbocycles. The van der Waals surface area contributed by atoms with E-state index in [-0.39, 0.29) is 0 Å². The van der Waals surface area contributed by atoms with Crippen LogP contribution in [0.15, 0.2) is 78.9 Å². The van der Waals surface area contributed by atoms with Crippen molar-refractivity contribution < 1.29 is 4.48 Å². The van der Waals surface area contributed by atoms with E-state index < -0.39 is 0 Å². The quantitative estimate of drug-likeness (QED) is 0.595. The molecule has 3 aromatic carbocycles. The van der Waals surface area contributed by atoms with Gasteiger partial charge in [-0.3, -0.25) is 0 Å². The number of fused-ring (bicyclic) bond motifs is 3. The Morgan fingerprint density at radius 1 is 0.652 bits per heavy atom. The zero-order chi connectivity index (χ0) is 15.9. The molecule has 0 fully saturated rings. The third-order valence-electron chi connectivity index (χ3n) is 4.93. The summed E-state index contributed by atoms with van der Waals surface area (Å²) >= 11 is 0. The Kier molecular flexibility index (Phi) is 3.32.